The fourth-order valence-corrected chi connectivity index (χ4v) is 2.07. The number of halogens is 1. The molecule has 1 fully saturated rings. The van der Waals surface area contributed by atoms with Crippen LogP contribution in [-0.4, -0.2) is 19.7 Å². The van der Waals surface area contributed by atoms with Crippen LogP contribution in [0.25, 0.3) is 0 Å². The molecule has 0 aromatic heterocycles. The zero-order chi connectivity index (χ0) is 11.2. The molecule has 1 aromatic rings. The van der Waals surface area contributed by atoms with Crippen molar-refractivity contribution in [3.63, 3.8) is 0 Å². The van der Waals surface area contributed by atoms with Gasteiger partial charge >= 0.3 is 0 Å². The van der Waals surface area contributed by atoms with Crippen LogP contribution in [0.15, 0.2) is 24.3 Å². The van der Waals surface area contributed by atoms with Crippen molar-refractivity contribution in [1.82, 2.24) is 5.32 Å². The van der Waals surface area contributed by atoms with Crippen LogP contribution in [0.4, 0.5) is 4.39 Å². The van der Waals surface area contributed by atoms with Crippen LogP contribution < -0.4 is 10.1 Å². The van der Waals surface area contributed by atoms with Crippen molar-refractivity contribution in [2.75, 3.05) is 19.7 Å². The van der Waals surface area contributed by atoms with Crippen LogP contribution in [0.5, 0.6) is 5.75 Å². The Morgan fingerprint density at radius 1 is 1.44 bits per heavy atom. The molecule has 1 N–H and O–H groups in total. The Kier molecular flexibility index (Phi) is 4.17. The van der Waals surface area contributed by atoms with Crippen molar-refractivity contribution >= 4 is 0 Å². The predicted molar refractivity (Wildman–Crippen MR) is 62.1 cm³/mol. The normalized spacial score (nSPS) is 20.7. The van der Waals surface area contributed by atoms with E-state index >= 15 is 0 Å². The number of hydrogen-bond donors (Lipinski definition) is 1. The second-order valence-corrected chi connectivity index (χ2v) is 4.31. The van der Waals surface area contributed by atoms with E-state index in [0.717, 1.165) is 19.5 Å². The van der Waals surface area contributed by atoms with E-state index in [1.165, 1.54) is 25.0 Å². The van der Waals surface area contributed by atoms with Crippen molar-refractivity contribution in [2.24, 2.45) is 5.92 Å². The van der Waals surface area contributed by atoms with Gasteiger partial charge in [0.25, 0.3) is 0 Å². The van der Waals surface area contributed by atoms with Crippen LogP contribution in [0.2, 0.25) is 0 Å². The lowest BCUT2D eigenvalue weighted by atomic mass is 9.97. The molecule has 0 bridgehead atoms. The Morgan fingerprint density at radius 2 is 2.38 bits per heavy atom. The Balaban J connectivity index is 1.71. The molecule has 0 unspecified atom stereocenters. The van der Waals surface area contributed by atoms with Gasteiger partial charge < -0.3 is 10.1 Å². The highest BCUT2D eigenvalue weighted by Crippen LogP contribution is 2.16. The lowest BCUT2D eigenvalue weighted by molar-refractivity contribution is 0.253. The summed E-state index contributed by atoms with van der Waals surface area (Å²) in [6.45, 7) is 2.91. The molecule has 0 aliphatic carbocycles. The summed E-state index contributed by atoms with van der Waals surface area (Å²) in [7, 11) is 0. The first kappa shape index (κ1) is 11.4. The van der Waals surface area contributed by atoms with Gasteiger partial charge in [-0.2, -0.15) is 0 Å². The second-order valence-electron chi connectivity index (χ2n) is 4.31. The van der Waals surface area contributed by atoms with Crippen LogP contribution in [0.3, 0.4) is 0 Å². The molecule has 2 rings (SSSR count). The second kappa shape index (κ2) is 5.85. The smallest absolute Gasteiger partial charge is 0.126 e. The van der Waals surface area contributed by atoms with Gasteiger partial charge in [-0.3, -0.25) is 0 Å². The van der Waals surface area contributed by atoms with Gasteiger partial charge in [0, 0.05) is 6.07 Å². The third-order valence-corrected chi connectivity index (χ3v) is 2.99. The van der Waals surface area contributed by atoms with Gasteiger partial charge in [0.2, 0.25) is 0 Å². The average Bonchev–Trinajstić information content (AvgIpc) is 2.30. The summed E-state index contributed by atoms with van der Waals surface area (Å²) >= 11 is 0. The number of ether oxygens (including phenoxy) is 1. The molecule has 1 saturated heterocycles. The molecule has 1 aromatic carbocycles. The Morgan fingerprint density at radius 3 is 3.12 bits per heavy atom. The van der Waals surface area contributed by atoms with E-state index in [-0.39, 0.29) is 5.82 Å². The van der Waals surface area contributed by atoms with Gasteiger partial charge in [-0.1, -0.05) is 6.07 Å². The van der Waals surface area contributed by atoms with Gasteiger partial charge in [-0.25, -0.2) is 4.39 Å². The molecule has 88 valence electrons. The summed E-state index contributed by atoms with van der Waals surface area (Å²) in [5, 5.41) is 3.38. The lowest BCUT2D eigenvalue weighted by Crippen LogP contribution is -2.30. The average molecular weight is 223 g/mol. The summed E-state index contributed by atoms with van der Waals surface area (Å²) in [6.07, 6.45) is 3.58. The van der Waals surface area contributed by atoms with Gasteiger partial charge in [0.05, 0.1) is 6.61 Å². The minimum Gasteiger partial charge on any atom is -0.493 e. The molecule has 3 heteroatoms. The molecular formula is C13H18FNO. The molecule has 0 radical (unpaired) electrons. The summed E-state index contributed by atoms with van der Waals surface area (Å²) in [6, 6.07) is 6.33. The quantitative estimate of drug-likeness (QED) is 0.847. The van der Waals surface area contributed by atoms with E-state index in [2.05, 4.69) is 5.32 Å². The standard InChI is InChI=1S/C13H18FNO/c14-12-4-1-5-13(9-12)16-8-6-11-3-2-7-15-10-11/h1,4-5,9,11,15H,2-3,6-8,10H2/t11-/m1/s1. The van der Waals surface area contributed by atoms with Crippen molar-refractivity contribution in [2.45, 2.75) is 19.3 Å². The minimum atomic E-state index is -0.239. The number of nitrogens with one attached hydrogen (secondary N) is 1. The van der Waals surface area contributed by atoms with Gasteiger partial charge in [0.15, 0.2) is 0 Å². The minimum absolute atomic E-state index is 0.239. The van der Waals surface area contributed by atoms with Crippen LogP contribution >= 0.6 is 0 Å². The van der Waals surface area contributed by atoms with Gasteiger partial charge in [0.1, 0.15) is 11.6 Å². The molecule has 16 heavy (non-hydrogen) atoms. The van der Waals surface area contributed by atoms with Crippen molar-refractivity contribution in [1.29, 1.82) is 0 Å². The maximum atomic E-state index is 12.9. The van der Waals surface area contributed by atoms with Crippen molar-refractivity contribution in [3.8, 4) is 5.75 Å². The summed E-state index contributed by atoms with van der Waals surface area (Å²) in [5.74, 6) is 1.10. The predicted octanol–water partition coefficient (Wildman–Crippen LogP) is 2.59. The molecule has 1 heterocycles. The summed E-state index contributed by atoms with van der Waals surface area (Å²) in [5.41, 5.74) is 0. The number of benzene rings is 1. The van der Waals surface area contributed by atoms with Crippen molar-refractivity contribution < 1.29 is 9.13 Å². The van der Waals surface area contributed by atoms with Crippen LogP contribution in [0.1, 0.15) is 19.3 Å². The zero-order valence-corrected chi connectivity index (χ0v) is 9.42. The molecule has 0 amide bonds. The Bertz CT molecular complexity index is 323. The lowest BCUT2D eigenvalue weighted by Gasteiger charge is -2.22. The van der Waals surface area contributed by atoms with E-state index in [4.69, 9.17) is 4.74 Å². The largest absolute Gasteiger partial charge is 0.493 e. The van der Waals surface area contributed by atoms with E-state index in [9.17, 15) is 4.39 Å². The van der Waals surface area contributed by atoms with Crippen molar-refractivity contribution in [3.05, 3.63) is 30.1 Å². The van der Waals surface area contributed by atoms with E-state index in [0.29, 0.717) is 18.3 Å². The monoisotopic (exact) mass is 223 g/mol. The SMILES string of the molecule is Fc1cccc(OCC[C@H]2CCCNC2)c1. The first-order valence-electron chi connectivity index (χ1n) is 5.94. The number of piperidine rings is 1. The number of hydrogen-bond acceptors (Lipinski definition) is 2. The molecule has 1 aliphatic rings. The van der Waals surface area contributed by atoms with E-state index < -0.39 is 0 Å². The fourth-order valence-electron chi connectivity index (χ4n) is 2.07. The summed E-state index contributed by atoms with van der Waals surface area (Å²) < 4.78 is 18.4. The van der Waals surface area contributed by atoms with Crippen LogP contribution in [-0.2, 0) is 0 Å². The third kappa shape index (κ3) is 3.49. The highest BCUT2D eigenvalue weighted by molar-refractivity contribution is 5.22. The third-order valence-electron chi connectivity index (χ3n) is 2.99. The Labute approximate surface area is 95.8 Å². The molecule has 2 nitrogen and oxygen atoms in total. The molecule has 0 spiro atoms. The molecular weight excluding hydrogens is 205 g/mol. The highest BCUT2D eigenvalue weighted by atomic mass is 19.1. The summed E-state index contributed by atoms with van der Waals surface area (Å²) in [4.78, 5) is 0. The number of rotatable bonds is 4. The van der Waals surface area contributed by atoms with Crippen LogP contribution in [0, 0.1) is 11.7 Å². The van der Waals surface area contributed by atoms with Gasteiger partial charge in [-0.15, -0.1) is 0 Å². The molecule has 1 atom stereocenters. The maximum Gasteiger partial charge on any atom is 0.126 e. The fraction of sp³-hybridized carbons (Fsp3) is 0.538. The van der Waals surface area contributed by atoms with E-state index in [1.54, 1.807) is 12.1 Å². The topological polar surface area (TPSA) is 21.3 Å². The maximum absolute atomic E-state index is 12.9. The van der Waals surface area contributed by atoms with Gasteiger partial charge in [-0.05, 0) is 50.4 Å². The van der Waals surface area contributed by atoms with E-state index in [1.807, 2.05) is 0 Å². The first-order chi connectivity index (χ1) is 7.84. The molecule has 0 saturated carbocycles. The highest BCUT2D eigenvalue weighted by Gasteiger charge is 2.12. The first-order valence-corrected chi connectivity index (χ1v) is 5.94. The Hall–Kier alpha value is -1.09. The molecule has 1 aliphatic heterocycles. The zero-order valence-electron chi connectivity index (χ0n) is 9.42.